The molecular weight excluding hydrogens is 248 g/mol. The van der Waals surface area contributed by atoms with Crippen LogP contribution >= 0.6 is 0 Å². The summed E-state index contributed by atoms with van der Waals surface area (Å²) in [6.07, 6.45) is 5.38. The van der Waals surface area contributed by atoms with Crippen LogP contribution in [0.5, 0.6) is 5.88 Å². The third-order valence-electron chi connectivity index (χ3n) is 3.37. The highest BCUT2D eigenvalue weighted by Crippen LogP contribution is 2.34. The van der Waals surface area contributed by atoms with Gasteiger partial charge in [-0.3, -0.25) is 10.1 Å². The highest BCUT2D eigenvalue weighted by Gasteiger charge is 2.28. The van der Waals surface area contributed by atoms with Gasteiger partial charge >= 0.3 is 5.69 Å². The van der Waals surface area contributed by atoms with Gasteiger partial charge in [-0.2, -0.15) is 4.98 Å². The van der Waals surface area contributed by atoms with Crippen molar-refractivity contribution >= 4 is 11.5 Å². The van der Waals surface area contributed by atoms with Gasteiger partial charge in [-0.1, -0.05) is 13.3 Å². The average Bonchev–Trinajstić information content (AvgIpc) is 2.38. The summed E-state index contributed by atoms with van der Waals surface area (Å²) in [5.74, 6) is 0.825. The van der Waals surface area contributed by atoms with E-state index in [9.17, 15) is 10.1 Å². The number of nitro groups is 1. The first kappa shape index (κ1) is 13.5. The molecule has 0 aromatic carbocycles. The molecule has 0 spiro atoms. The summed E-state index contributed by atoms with van der Waals surface area (Å²) in [4.78, 5) is 18.4. The van der Waals surface area contributed by atoms with Gasteiger partial charge in [0.15, 0.2) is 0 Å². The maximum absolute atomic E-state index is 11.1. The van der Waals surface area contributed by atoms with Crippen LogP contribution in [0.3, 0.4) is 0 Å². The average molecular weight is 266 g/mol. The zero-order chi connectivity index (χ0) is 13.8. The molecule has 1 saturated carbocycles. The van der Waals surface area contributed by atoms with Gasteiger partial charge in [0.1, 0.15) is 12.4 Å². The normalized spacial score (nSPS) is 22.8. The van der Waals surface area contributed by atoms with Crippen LogP contribution in [-0.2, 0) is 0 Å². The van der Waals surface area contributed by atoms with Gasteiger partial charge < -0.3 is 10.1 Å². The minimum Gasteiger partial charge on any atom is -0.469 e. The first-order valence-corrected chi connectivity index (χ1v) is 6.45. The van der Waals surface area contributed by atoms with Crippen LogP contribution < -0.4 is 10.1 Å². The number of hydrogen-bond donors (Lipinski definition) is 1. The van der Waals surface area contributed by atoms with Crippen molar-refractivity contribution in [2.45, 2.75) is 38.7 Å². The van der Waals surface area contributed by atoms with Crippen molar-refractivity contribution in [3.63, 3.8) is 0 Å². The molecule has 2 atom stereocenters. The zero-order valence-electron chi connectivity index (χ0n) is 11.1. The molecule has 7 nitrogen and oxygen atoms in total. The molecule has 0 aliphatic heterocycles. The molecule has 19 heavy (non-hydrogen) atoms. The molecule has 104 valence electrons. The van der Waals surface area contributed by atoms with Crippen LogP contribution in [0.25, 0.3) is 0 Å². The number of nitrogens with one attached hydrogen (secondary N) is 1. The Morgan fingerprint density at radius 2 is 2.26 bits per heavy atom. The molecule has 1 N–H and O–H groups in total. The molecule has 1 aliphatic carbocycles. The quantitative estimate of drug-likeness (QED) is 0.664. The highest BCUT2D eigenvalue weighted by molar-refractivity contribution is 5.60. The lowest BCUT2D eigenvalue weighted by molar-refractivity contribution is -0.385. The van der Waals surface area contributed by atoms with E-state index in [1.165, 1.54) is 12.7 Å². The second-order valence-electron chi connectivity index (χ2n) is 4.89. The van der Waals surface area contributed by atoms with E-state index in [-0.39, 0.29) is 23.5 Å². The number of nitrogens with zero attached hydrogens (tertiary/aromatic N) is 3. The van der Waals surface area contributed by atoms with Crippen molar-refractivity contribution in [2.75, 3.05) is 12.4 Å². The first-order chi connectivity index (χ1) is 9.11. The predicted molar refractivity (Wildman–Crippen MR) is 70.3 cm³/mol. The van der Waals surface area contributed by atoms with Crippen LogP contribution in [0.2, 0.25) is 0 Å². The second-order valence-corrected chi connectivity index (χ2v) is 4.89. The second kappa shape index (κ2) is 5.81. The summed E-state index contributed by atoms with van der Waals surface area (Å²) in [7, 11) is 1.59. The Morgan fingerprint density at radius 3 is 2.89 bits per heavy atom. The molecule has 1 fully saturated rings. The van der Waals surface area contributed by atoms with E-state index in [4.69, 9.17) is 4.74 Å². The summed E-state index contributed by atoms with van der Waals surface area (Å²) < 4.78 is 5.73. The summed E-state index contributed by atoms with van der Waals surface area (Å²) in [6.45, 7) is 2.17. The van der Waals surface area contributed by atoms with Crippen LogP contribution in [0.1, 0.15) is 32.6 Å². The van der Waals surface area contributed by atoms with Crippen LogP contribution in [0, 0.1) is 16.0 Å². The van der Waals surface area contributed by atoms with Crippen molar-refractivity contribution in [1.82, 2.24) is 9.97 Å². The molecule has 1 aliphatic rings. The zero-order valence-corrected chi connectivity index (χ0v) is 11.1. The van der Waals surface area contributed by atoms with Crippen molar-refractivity contribution in [3.05, 3.63) is 16.4 Å². The minimum absolute atomic E-state index is 0.00190. The number of hydrogen-bond acceptors (Lipinski definition) is 6. The molecule has 2 rings (SSSR count). The maximum atomic E-state index is 11.1. The van der Waals surface area contributed by atoms with Crippen LogP contribution in [0.4, 0.5) is 11.5 Å². The van der Waals surface area contributed by atoms with Gasteiger partial charge in [0.2, 0.25) is 5.82 Å². The van der Waals surface area contributed by atoms with E-state index in [0.29, 0.717) is 5.92 Å². The summed E-state index contributed by atoms with van der Waals surface area (Å²) in [5, 5.41) is 13.8. The number of rotatable bonds is 4. The Kier molecular flexibility index (Phi) is 4.13. The van der Waals surface area contributed by atoms with Crippen molar-refractivity contribution in [3.8, 4) is 5.88 Å². The Balaban J connectivity index is 2.21. The molecule has 0 radical (unpaired) electrons. The van der Waals surface area contributed by atoms with E-state index >= 15 is 0 Å². The predicted octanol–water partition coefficient (Wildman–Crippen LogP) is 2.38. The molecule has 1 aromatic heterocycles. The number of anilines is 1. The molecule has 1 heterocycles. The third-order valence-corrected chi connectivity index (χ3v) is 3.37. The van der Waals surface area contributed by atoms with E-state index in [1.54, 1.807) is 7.05 Å². The van der Waals surface area contributed by atoms with Crippen molar-refractivity contribution < 1.29 is 9.66 Å². The van der Waals surface area contributed by atoms with Gasteiger partial charge in [-0.05, 0) is 25.2 Å². The Morgan fingerprint density at radius 1 is 1.47 bits per heavy atom. The van der Waals surface area contributed by atoms with Gasteiger partial charge in [0, 0.05) is 7.05 Å². The smallest absolute Gasteiger partial charge is 0.372 e. The third kappa shape index (κ3) is 3.10. The lowest BCUT2D eigenvalue weighted by Crippen LogP contribution is -2.25. The fourth-order valence-electron chi connectivity index (χ4n) is 2.44. The molecule has 1 aromatic rings. The molecule has 7 heteroatoms. The van der Waals surface area contributed by atoms with E-state index in [0.717, 1.165) is 19.3 Å². The molecule has 0 saturated heterocycles. The Bertz CT molecular complexity index is 466. The van der Waals surface area contributed by atoms with Gasteiger partial charge in [0.25, 0.3) is 5.88 Å². The Hall–Kier alpha value is -1.92. The molecule has 2 unspecified atom stereocenters. The SMILES string of the molecule is CNc1ncnc(OC2CCCC(C)C2)c1[N+](=O)[O-]. The van der Waals surface area contributed by atoms with Crippen molar-refractivity contribution in [1.29, 1.82) is 0 Å². The lowest BCUT2D eigenvalue weighted by atomic mass is 9.89. The van der Waals surface area contributed by atoms with Gasteiger partial charge in [-0.25, -0.2) is 4.98 Å². The van der Waals surface area contributed by atoms with Crippen LogP contribution in [0.15, 0.2) is 6.33 Å². The van der Waals surface area contributed by atoms with E-state index in [1.807, 2.05) is 0 Å². The van der Waals surface area contributed by atoms with E-state index in [2.05, 4.69) is 22.2 Å². The molecule has 0 bridgehead atoms. The van der Waals surface area contributed by atoms with Crippen LogP contribution in [-0.4, -0.2) is 28.0 Å². The van der Waals surface area contributed by atoms with Gasteiger partial charge in [0.05, 0.1) is 4.92 Å². The topological polar surface area (TPSA) is 90.2 Å². The van der Waals surface area contributed by atoms with Crippen molar-refractivity contribution in [2.24, 2.45) is 5.92 Å². The fourth-order valence-corrected chi connectivity index (χ4v) is 2.44. The number of ether oxygens (including phenoxy) is 1. The standard InChI is InChI=1S/C12H18N4O3/c1-8-4-3-5-9(6-8)19-12-10(16(17)18)11(13-2)14-7-15-12/h7-9H,3-6H2,1-2H3,(H,13,14,15). The summed E-state index contributed by atoms with van der Waals surface area (Å²) in [5.41, 5.74) is -0.191. The largest absolute Gasteiger partial charge is 0.469 e. The Labute approximate surface area is 111 Å². The summed E-state index contributed by atoms with van der Waals surface area (Å²) in [6, 6.07) is 0. The van der Waals surface area contributed by atoms with E-state index < -0.39 is 4.92 Å². The minimum atomic E-state index is -0.507. The number of aromatic nitrogens is 2. The van der Waals surface area contributed by atoms with Gasteiger partial charge in [-0.15, -0.1) is 0 Å². The maximum Gasteiger partial charge on any atom is 0.372 e. The summed E-state index contributed by atoms with van der Waals surface area (Å²) >= 11 is 0. The molecular formula is C12H18N4O3. The fraction of sp³-hybridized carbons (Fsp3) is 0.667. The highest BCUT2D eigenvalue weighted by atomic mass is 16.6. The first-order valence-electron chi connectivity index (χ1n) is 6.45. The molecule has 0 amide bonds. The monoisotopic (exact) mass is 266 g/mol. The lowest BCUT2D eigenvalue weighted by Gasteiger charge is -2.26.